The molecule has 0 unspecified atom stereocenters. The number of fused-ring (bicyclic) bond motifs is 1. The molecule has 0 atom stereocenters. The Morgan fingerprint density at radius 1 is 1.14 bits per heavy atom. The number of rotatable bonds is 2. The van der Waals surface area contributed by atoms with Crippen molar-refractivity contribution in [3.05, 3.63) is 64.2 Å². The minimum Gasteiger partial charge on any atom is -0.454 e. The van der Waals surface area contributed by atoms with Crippen LogP contribution in [0.4, 0.5) is 8.78 Å². The maximum absolute atomic E-state index is 13.7. The van der Waals surface area contributed by atoms with E-state index in [1.165, 1.54) is 19.3 Å². The molecule has 0 aliphatic rings. The van der Waals surface area contributed by atoms with Gasteiger partial charge >= 0.3 is 0 Å². The van der Waals surface area contributed by atoms with E-state index in [4.69, 9.17) is 4.74 Å². The topological polar surface area (TPSA) is 55.0 Å². The normalized spacial score (nSPS) is 10.8. The molecule has 0 fully saturated rings. The molecule has 6 heteroatoms. The number of benzene rings is 2. The van der Waals surface area contributed by atoms with E-state index >= 15 is 0 Å². The van der Waals surface area contributed by atoms with Crippen LogP contribution >= 0.6 is 0 Å². The van der Waals surface area contributed by atoms with Gasteiger partial charge in [0.2, 0.25) is 0 Å². The van der Waals surface area contributed by atoms with Crippen molar-refractivity contribution < 1.29 is 13.5 Å². The lowest BCUT2D eigenvalue weighted by Crippen LogP contribution is -2.06. The highest BCUT2D eigenvalue weighted by molar-refractivity contribution is 5.78. The third-order valence-electron chi connectivity index (χ3n) is 3.12. The summed E-state index contributed by atoms with van der Waals surface area (Å²) in [5, 5.41) is 0.310. The molecule has 3 rings (SSSR count). The summed E-state index contributed by atoms with van der Waals surface area (Å²) in [5.41, 5.74) is 0.222. The van der Waals surface area contributed by atoms with Crippen molar-refractivity contribution in [3.8, 4) is 11.5 Å². The van der Waals surface area contributed by atoms with Crippen LogP contribution in [0.25, 0.3) is 10.9 Å². The van der Waals surface area contributed by atoms with Crippen LogP contribution in [0, 0.1) is 18.6 Å². The van der Waals surface area contributed by atoms with E-state index in [0.717, 1.165) is 12.1 Å². The number of nitrogens with one attached hydrogen (secondary N) is 1. The zero-order valence-corrected chi connectivity index (χ0v) is 11.0. The quantitative estimate of drug-likeness (QED) is 0.787. The molecule has 0 radical (unpaired) electrons. The summed E-state index contributed by atoms with van der Waals surface area (Å²) in [5.74, 6) is -1.20. The molecular formula is C15H10F2N2O2. The van der Waals surface area contributed by atoms with Crippen LogP contribution in [-0.2, 0) is 0 Å². The molecule has 4 nitrogen and oxygen atoms in total. The van der Waals surface area contributed by atoms with Crippen LogP contribution in [0.15, 0.2) is 41.5 Å². The smallest absolute Gasteiger partial charge is 0.258 e. The zero-order chi connectivity index (χ0) is 15.0. The summed E-state index contributed by atoms with van der Waals surface area (Å²) in [6.07, 6.45) is 1.29. The number of hydrogen-bond acceptors (Lipinski definition) is 3. The monoisotopic (exact) mass is 288 g/mol. The molecule has 1 aromatic heterocycles. The Balaban J connectivity index is 2.09. The summed E-state index contributed by atoms with van der Waals surface area (Å²) in [4.78, 5) is 18.1. The lowest BCUT2D eigenvalue weighted by atomic mass is 10.2. The lowest BCUT2D eigenvalue weighted by molar-refractivity contribution is 0.432. The highest BCUT2D eigenvalue weighted by Gasteiger charge is 2.13. The van der Waals surface area contributed by atoms with Gasteiger partial charge in [-0.25, -0.2) is 13.8 Å². The number of aromatic nitrogens is 2. The Hall–Kier alpha value is -2.76. The number of H-pyrrole nitrogens is 1. The minimum absolute atomic E-state index is 0.0650. The van der Waals surface area contributed by atoms with E-state index in [1.807, 2.05) is 0 Å². The number of nitrogens with zero attached hydrogens (tertiary/aromatic N) is 1. The Bertz CT molecular complexity index is 890. The zero-order valence-electron chi connectivity index (χ0n) is 11.0. The third kappa shape index (κ3) is 2.35. The summed E-state index contributed by atoms with van der Waals surface area (Å²) in [6, 6.07) is 6.58. The number of halogens is 2. The molecule has 0 saturated carbocycles. The van der Waals surface area contributed by atoms with Gasteiger partial charge in [0.05, 0.1) is 17.2 Å². The molecule has 2 aromatic carbocycles. The predicted molar refractivity (Wildman–Crippen MR) is 73.5 cm³/mol. The molecule has 0 amide bonds. The van der Waals surface area contributed by atoms with E-state index in [1.54, 1.807) is 12.1 Å². The molecule has 3 aromatic rings. The van der Waals surface area contributed by atoms with Gasteiger partial charge in [-0.3, -0.25) is 4.79 Å². The molecule has 21 heavy (non-hydrogen) atoms. The fourth-order valence-corrected chi connectivity index (χ4v) is 1.99. The highest BCUT2D eigenvalue weighted by Crippen LogP contribution is 2.30. The van der Waals surface area contributed by atoms with Gasteiger partial charge in [-0.05, 0) is 37.3 Å². The van der Waals surface area contributed by atoms with Gasteiger partial charge in [0.15, 0.2) is 11.6 Å². The Morgan fingerprint density at radius 2 is 1.90 bits per heavy atom. The first-order valence-electron chi connectivity index (χ1n) is 6.16. The molecular weight excluding hydrogens is 278 g/mol. The van der Waals surface area contributed by atoms with Gasteiger partial charge in [-0.1, -0.05) is 0 Å². The fraction of sp³-hybridized carbons (Fsp3) is 0.0667. The molecule has 0 saturated heterocycles. The van der Waals surface area contributed by atoms with Crippen molar-refractivity contribution in [2.24, 2.45) is 0 Å². The number of ether oxygens (including phenoxy) is 1. The summed E-state index contributed by atoms with van der Waals surface area (Å²) < 4.78 is 32.6. The molecule has 106 valence electrons. The summed E-state index contributed by atoms with van der Waals surface area (Å²) >= 11 is 0. The van der Waals surface area contributed by atoms with Gasteiger partial charge in [0, 0.05) is 5.56 Å². The molecule has 0 spiro atoms. The van der Waals surface area contributed by atoms with Crippen molar-refractivity contribution in [1.82, 2.24) is 9.97 Å². The van der Waals surface area contributed by atoms with E-state index in [9.17, 15) is 13.6 Å². The van der Waals surface area contributed by atoms with E-state index in [2.05, 4.69) is 9.97 Å². The fourth-order valence-electron chi connectivity index (χ4n) is 1.99. The summed E-state index contributed by atoms with van der Waals surface area (Å²) in [6.45, 7) is 1.42. The standard InChI is InChI=1S/C15H10F2N2O2/c1-8-11(16)3-4-12(17)14(8)21-9-2-5-13-10(6-9)15(20)19-7-18-13/h2-7H,1H3,(H,18,19,20). The summed E-state index contributed by atoms with van der Waals surface area (Å²) in [7, 11) is 0. The van der Waals surface area contributed by atoms with Gasteiger partial charge in [0.1, 0.15) is 11.6 Å². The van der Waals surface area contributed by atoms with Crippen molar-refractivity contribution >= 4 is 10.9 Å². The maximum atomic E-state index is 13.7. The molecule has 1 N–H and O–H groups in total. The number of aromatic amines is 1. The van der Waals surface area contributed by atoms with Crippen LogP contribution in [0.1, 0.15) is 5.56 Å². The average Bonchev–Trinajstić information content (AvgIpc) is 2.48. The van der Waals surface area contributed by atoms with Gasteiger partial charge in [0.25, 0.3) is 5.56 Å². The van der Waals surface area contributed by atoms with Gasteiger partial charge in [-0.15, -0.1) is 0 Å². The Labute approximate surface area is 118 Å². The highest BCUT2D eigenvalue weighted by atomic mass is 19.1. The van der Waals surface area contributed by atoms with Crippen molar-refractivity contribution in [2.45, 2.75) is 6.92 Å². The average molecular weight is 288 g/mol. The van der Waals surface area contributed by atoms with Gasteiger partial charge < -0.3 is 9.72 Å². The number of hydrogen-bond donors (Lipinski definition) is 1. The van der Waals surface area contributed by atoms with Gasteiger partial charge in [-0.2, -0.15) is 0 Å². The van der Waals surface area contributed by atoms with Crippen molar-refractivity contribution in [3.63, 3.8) is 0 Å². The second-order valence-corrected chi connectivity index (χ2v) is 4.50. The van der Waals surface area contributed by atoms with Crippen molar-refractivity contribution in [2.75, 3.05) is 0 Å². The third-order valence-corrected chi connectivity index (χ3v) is 3.12. The second kappa shape index (κ2) is 4.97. The Morgan fingerprint density at radius 3 is 2.71 bits per heavy atom. The largest absolute Gasteiger partial charge is 0.454 e. The van der Waals surface area contributed by atoms with Crippen LogP contribution in [0.2, 0.25) is 0 Å². The van der Waals surface area contributed by atoms with Crippen LogP contribution in [-0.4, -0.2) is 9.97 Å². The first-order chi connectivity index (χ1) is 10.1. The molecule has 0 aliphatic heterocycles. The van der Waals surface area contributed by atoms with Crippen LogP contribution in [0.3, 0.4) is 0 Å². The second-order valence-electron chi connectivity index (χ2n) is 4.50. The van der Waals surface area contributed by atoms with E-state index < -0.39 is 11.6 Å². The van der Waals surface area contributed by atoms with Crippen LogP contribution < -0.4 is 10.3 Å². The van der Waals surface area contributed by atoms with E-state index in [-0.39, 0.29) is 22.6 Å². The lowest BCUT2D eigenvalue weighted by Gasteiger charge is -2.10. The first kappa shape index (κ1) is 13.2. The molecule has 0 aliphatic carbocycles. The molecule has 0 bridgehead atoms. The first-order valence-corrected chi connectivity index (χ1v) is 6.16. The van der Waals surface area contributed by atoms with Crippen molar-refractivity contribution in [1.29, 1.82) is 0 Å². The maximum Gasteiger partial charge on any atom is 0.258 e. The molecule has 1 heterocycles. The Kier molecular flexibility index (Phi) is 3.13. The minimum atomic E-state index is -0.672. The predicted octanol–water partition coefficient (Wildman–Crippen LogP) is 3.30. The van der Waals surface area contributed by atoms with E-state index in [0.29, 0.717) is 10.9 Å². The van der Waals surface area contributed by atoms with Crippen LogP contribution in [0.5, 0.6) is 11.5 Å². The SMILES string of the molecule is Cc1c(F)ccc(F)c1Oc1ccc2nc[nH]c(=O)c2c1.